The second-order valence-corrected chi connectivity index (χ2v) is 6.00. The summed E-state index contributed by atoms with van der Waals surface area (Å²) in [6, 6.07) is 2.40. The minimum Gasteiger partial charge on any atom is -0.327 e. The molecule has 0 unspecified atom stereocenters. The van der Waals surface area contributed by atoms with Gasteiger partial charge in [-0.3, -0.25) is 0 Å². The summed E-state index contributed by atoms with van der Waals surface area (Å²) < 4.78 is 28.7. The third-order valence-electron chi connectivity index (χ3n) is 3.83. The Labute approximate surface area is 115 Å². The van der Waals surface area contributed by atoms with E-state index in [1.165, 1.54) is 6.07 Å². The van der Waals surface area contributed by atoms with Gasteiger partial charge in [-0.25, -0.2) is 13.8 Å². The van der Waals surface area contributed by atoms with Gasteiger partial charge in [0, 0.05) is 31.0 Å². The van der Waals surface area contributed by atoms with Crippen molar-refractivity contribution in [1.82, 2.24) is 9.55 Å². The smallest absolute Gasteiger partial charge is 0.161 e. The number of fused-ring (bicyclic) bond motifs is 1. The van der Waals surface area contributed by atoms with E-state index in [0.717, 1.165) is 31.3 Å². The minimum atomic E-state index is -0.854. The number of halogens is 3. The summed E-state index contributed by atoms with van der Waals surface area (Å²) >= 11 is 5.78. The number of alkyl halides is 1. The number of aromatic nitrogens is 2. The first-order valence-corrected chi connectivity index (χ1v) is 6.96. The van der Waals surface area contributed by atoms with Crippen molar-refractivity contribution in [2.75, 3.05) is 5.88 Å². The first-order valence-electron chi connectivity index (χ1n) is 6.42. The van der Waals surface area contributed by atoms with Crippen LogP contribution in [0.1, 0.15) is 25.6 Å². The third kappa shape index (κ3) is 2.34. The number of benzene rings is 1. The summed E-state index contributed by atoms with van der Waals surface area (Å²) in [6.45, 7) is 2.99. The zero-order valence-electron chi connectivity index (χ0n) is 10.7. The van der Waals surface area contributed by atoms with Crippen molar-refractivity contribution in [2.24, 2.45) is 5.41 Å². The van der Waals surface area contributed by atoms with E-state index in [9.17, 15) is 8.78 Å². The van der Waals surface area contributed by atoms with Crippen molar-refractivity contribution in [3.63, 3.8) is 0 Å². The fraction of sp³-hybridized carbons (Fsp3) is 0.500. The van der Waals surface area contributed by atoms with E-state index in [-0.39, 0.29) is 5.41 Å². The molecule has 0 atom stereocenters. The predicted molar refractivity (Wildman–Crippen MR) is 71.4 cm³/mol. The van der Waals surface area contributed by atoms with Gasteiger partial charge in [0.15, 0.2) is 11.6 Å². The maximum absolute atomic E-state index is 13.4. The quantitative estimate of drug-likeness (QED) is 0.779. The summed E-state index contributed by atoms with van der Waals surface area (Å²) in [5.74, 6) is -0.423. The van der Waals surface area contributed by atoms with Crippen LogP contribution in [0.5, 0.6) is 0 Å². The van der Waals surface area contributed by atoms with E-state index in [2.05, 4.69) is 11.9 Å². The van der Waals surface area contributed by atoms with E-state index in [4.69, 9.17) is 11.6 Å². The van der Waals surface area contributed by atoms with Crippen LogP contribution < -0.4 is 0 Å². The van der Waals surface area contributed by atoms with Crippen LogP contribution in [0.15, 0.2) is 12.1 Å². The lowest BCUT2D eigenvalue weighted by Gasteiger charge is -2.13. The van der Waals surface area contributed by atoms with Gasteiger partial charge in [0.2, 0.25) is 0 Å². The van der Waals surface area contributed by atoms with E-state index in [1.807, 2.05) is 4.57 Å². The summed E-state index contributed by atoms with van der Waals surface area (Å²) in [6.07, 6.45) is 2.93. The van der Waals surface area contributed by atoms with Crippen LogP contribution in [0.4, 0.5) is 8.78 Å². The third-order valence-corrected chi connectivity index (χ3v) is 4.02. The number of nitrogens with zero attached hydrogens (tertiary/aromatic N) is 2. The molecule has 0 spiro atoms. The number of imidazole rings is 1. The Kier molecular flexibility index (Phi) is 3.01. The SMILES string of the molecule is CC1(Cn2c(CCCl)nc3cc(F)c(F)cc32)CC1. The van der Waals surface area contributed by atoms with Crippen LogP contribution in [-0.4, -0.2) is 15.4 Å². The molecule has 0 N–H and O–H groups in total. The summed E-state index contributed by atoms with van der Waals surface area (Å²) in [5, 5.41) is 0. The summed E-state index contributed by atoms with van der Waals surface area (Å²) in [5.41, 5.74) is 1.43. The molecule has 0 aliphatic heterocycles. The molecule has 1 heterocycles. The highest BCUT2D eigenvalue weighted by atomic mass is 35.5. The molecule has 0 radical (unpaired) electrons. The minimum absolute atomic E-state index is 0.263. The van der Waals surface area contributed by atoms with Crippen LogP contribution in [0, 0.1) is 17.0 Å². The number of hydrogen-bond acceptors (Lipinski definition) is 1. The fourth-order valence-electron chi connectivity index (χ4n) is 2.38. The molecule has 1 aromatic heterocycles. The lowest BCUT2D eigenvalue weighted by molar-refractivity contribution is 0.461. The van der Waals surface area contributed by atoms with Gasteiger partial charge < -0.3 is 4.57 Å². The molecular weight excluding hydrogens is 270 g/mol. The van der Waals surface area contributed by atoms with Crippen molar-refractivity contribution in [1.29, 1.82) is 0 Å². The molecule has 0 saturated heterocycles. The molecule has 3 rings (SSSR count). The van der Waals surface area contributed by atoms with Gasteiger partial charge >= 0.3 is 0 Å². The highest BCUT2D eigenvalue weighted by Gasteiger charge is 2.38. The molecule has 2 aromatic rings. The Morgan fingerprint density at radius 1 is 1.32 bits per heavy atom. The van der Waals surface area contributed by atoms with E-state index in [1.54, 1.807) is 0 Å². The van der Waals surface area contributed by atoms with E-state index < -0.39 is 11.6 Å². The highest BCUT2D eigenvalue weighted by molar-refractivity contribution is 6.17. The van der Waals surface area contributed by atoms with Gasteiger partial charge in [-0.2, -0.15) is 0 Å². The Bertz CT molecular complexity index is 632. The molecule has 0 amide bonds. The second-order valence-electron chi connectivity index (χ2n) is 5.62. The number of aryl methyl sites for hydroxylation is 1. The highest BCUT2D eigenvalue weighted by Crippen LogP contribution is 2.47. The second kappa shape index (κ2) is 4.44. The van der Waals surface area contributed by atoms with Gasteiger partial charge in [-0.05, 0) is 18.3 Å². The maximum Gasteiger partial charge on any atom is 0.161 e. The molecule has 5 heteroatoms. The monoisotopic (exact) mass is 284 g/mol. The van der Waals surface area contributed by atoms with Crippen molar-refractivity contribution in [2.45, 2.75) is 32.7 Å². The standard InChI is InChI=1S/C14H15ClF2N2/c1-14(3-4-14)8-19-12-7-10(17)9(16)6-11(12)18-13(19)2-5-15/h6-7H,2-5,8H2,1H3. The van der Waals surface area contributed by atoms with E-state index in [0.29, 0.717) is 23.3 Å². The summed E-state index contributed by atoms with van der Waals surface area (Å²) in [7, 11) is 0. The Balaban J connectivity index is 2.13. The van der Waals surface area contributed by atoms with Crippen LogP contribution >= 0.6 is 11.6 Å². The lowest BCUT2D eigenvalue weighted by atomic mass is 10.1. The molecule has 1 saturated carbocycles. The largest absolute Gasteiger partial charge is 0.327 e. The van der Waals surface area contributed by atoms with Crippen molar-refractivity contribution >= 4 is 22.6 Å². The first-order chi connectivity index (χ1) is 9.02. The van der Waals surface area contributed by atoms with Gasteiger partial charge in [-0.1, -0.05) is 6.92 Å². The molecular formula is C14H15ClF2N2. The predicted octanol–water partition coefficient (Wildman–Crippen LogP) is 3.90. The van der Waals surface area contributed by atoms with Gasteiger partial charge in [-0.15, -0.1) is 11.6 Å². The molecule has 1 aliphatic carbocycles. The van der Waals surface area contributed by atoms with Crippen molar-refractivity contribution in [3.8, 4) is 0 Å². The van der Waals surface area contributed by atoms with Crippen LogP contribution in [-0.2, 0) is 13.0 Å². The van der Waals surface area contributed by atoms with Gasteiger partial charge in [0.25, 0.3) is 0 Å². The molecule has 102 valence electrons. The Morgan fingerprint density at radius 2 is 2.00 bits per heavy atom. The molecule has 1 aliphatic rings. The molecule has 1 aromatic carbocycles. The normalized spacial score (nSPS) is 17.1. The zero-order valence-corrected chi connectivity index (χ0v) is 11.5. The molecule has 0 bridgehead atoms. The molecule has 19 heavy (non-hydrogen) atoms. The first kappa shape index (κ1) is 12.9. The van der Waals surface area contributed by atoms with Crippen LogP contribution in [0.2, 0.25) is 0 Å². The van der Waals surface area contributed by atoms with Crippen LogP contribution in [0.25, 0.3) is 11.0 Å². The topological polar surface area (TPSA) is 17.8 Å². The van der Waals surface area contributed by atoms with Gasteiger partial charge in [0.05, 0.1) is 11.0 Å². The van der Waals surface area contributed by atoms with E-state index >= 15 is 0 Å². The zero-order chi connectivity index (χ0) is 13.6. The molecule has 1 fully saturated rings. The average molecular weight is 285 g/mol. The van der Waals surface area contributed by atoms with Crippen LogP contribution in [0.3, 0.4) is 0 Å². The van der Waals surface area contributed by atoms with Crippen molar-refractivity contribution < 1.29 is 8.78 Å². The molecule has 2 nitrogen and oxygen atoms in total. The van der Waals surface area contributed by atoms with Crippen molar-refractivity contribution in [3.05, 3.63) is 29.6 Å². The number of hydrogen-bond donors (Lipinski definition) is 0. The average Bonchev–Trinajstić information content (AvgIpc) is 3.00. The fourth-order valence-corrected chi connectivity index (χ4v) is 2.54. The lowest BCUT2D eigenvalue weighted by Crippen LogP contribution is -2.12. The Hall–Kier alpha value is -1.16. The summed E-state index contributed by atoms with van der Waals surface area (Å²) in [4.78, 5) is 4.39. The van der Waals surface area contributed by atoms with Gasteiger partial charge in [0.1, 0.15) is 5.82 Å². The Morgan fingerprint density at radius 3 is 2.63 bits per heavy atom. The maximum atomic E-state index is 13.4. The number of rotatable bonds is 4.